The normalized spacial score (nSPS) is 17.9. The van der Waals surface area contributed by atoms with Gasteiger partial charge in [0.15, 0.2) is 0 Å². The molecule has 0 spiro atoms. The van der Waals surface area contributed by atoms with Gasteiger partial charge in [-0.1, -0.05) is 26.0 Å². The van der Waals surface area contributed by atoms with Crippen molar-refractivity contribution in [1.82, 2.24) is 4.90 Å². The molecule has 134 valence electrons. The van der Waals surface area contributed by atoms with E-state index in [1.165, 1.54) is 0 Å². The lowest BCUT2D eigenvalue weighted by molar-refractivity contribution is -0.122. The molecule has 0 aliphatic carbocycles. The van der Waals surface area contributed by atoms with Crippen molar-refractivity contribution in [3.8, 4) is 0 Å². The van der Waals surface area contributed by atoms with Crippen molar-refractivity contribution in [1.29, 1.82) is 0 Å². The topological polar surface area (TPSA) is 41.6 Å². The molecule has 1 aliphatic heterocycles. The molecule has 1 heterocycles. The van der Waals surface area contributed by atoms with Crippen molar-refractivity contribution < 1.29 is 9.53 Å². The number of nitrogens with zero attached hydrogens (tertiary/aromatic N) is 1. The van der Waals surface area contributed by atoms with Gasteiger partial charge in [-0.15, -0.1) is 0 Å². The number of amides is 1. The minimum Gasteiger partial charge on any atom is -0.378 e. The van der Waals surface area contributed by atoms with E-state index in [4.69, 9.17) is 4.74 Å². The van der Waals surface area contributed by atoms with Crippen LogP contribution in [0.5, 0.6) is 0 Å². The molecule has 4 nitrogen and oxygen atoms in total. The Hall–Kier alpha value is -1.39. The number of carbonyl (C=O) groups excluding carboxylic acids is 1. The van der Waals surface area contributed by atoms with Gasteiger partial charge in [-0.2, -0.15) is 0 Å². The first-order valence-electron chi connectivity index (χ1n) is 9.10. The fourth-order valence-electron chi connectivity index (χ4n) is 3.03. The second-order valence-corrected chi connectivity index (χ2v) is 7.45. The molecule has 0 saturated carbocycles. The van der Waals surface area contributed by atoms with Crippen molar-refractivity contribution in [3.63, 3.8) is 0 Å². The third-order valence-electron chi connectivity index (χ3n) is 4.72. The molecule has 0 aromatic heterocycles. The summed E-state index contributed by atoms with van der Waals surface area (Å²) in [5.41, 5.74) is 3.18. The minimum atomic E-state index is -0.115. The molecule has 1 amide bonds. The summed E-state index contributed by atoms with van der Waals surface area (Å²) in [7, 11) is 0. The Morgan fingerprint density at radius 3 is 2.54 bits per heavy atom. The number of piperidine rings is 1. The Labute approximate surface area is 146 Å². The van der Waals surface area contributed by atoms with Crippen molar-refractivity contribution in [2.45, 2.75) is 59.6 Å². The van der Waals surface area contributed by atoms with Crippen molar-refractivity contribution in [2.24, 2.45) is 5.92 Å². The van der Waals surface area contributed by atoms with Crippen molar-refractivity contribution in [3.05, 3.63) is 29.3 Å². The monoisotopic (exact) mass is 332 g/mol. The van der Waals surface area contributed by atoms with Crippen molar-refractivity contribution in [2.75, 3.05) is 25.0 Å². The number of likely N-dealkylation sites (tertiary alicyclic amines) is 1. The smallest absolute Gasteiger partial charge is 0.241 e. The first kappa shape index (κ1) is 18.9. The molecule has 4 heteroatoms. The van der Waals surface area contributed by atoms with Gasteiger partial charge < -0.3 is 10.1 Å². The van der Waals surface area contributed by atoms with E-state index in [9.17, 15) is 4.79 Å². The van der Waals surface area contributed by atoms with Gasteiger partial charge in [0, 0.05) is 25.4 Å². The molecule has 1 unspecified atom stereocenters. The Morgan fingerprint density at radius 1 is 1.25 bits per heavy atom. The van der Waals surface area contributed by atoms with E-state index in [-0.39, 0.29) is 11.9 Å². The predicted molar refractivity (Wildman–Crippen MR) is 99.4 cm³/mol. The Balaban J connectivity index is 1.85. The summed E-state index contributed by atoms with van der Waals surface area (Å²) in [5, 5.41) is 3.09. The van der Waals surface area contributed by atoms with Crippen LogP contribution in [0.1, 0.15) is 44.7 Å². The third-order valence-corrected chi connectivity index (χ3v) is 4.72. The molecule has 1 N–H and O–H groups in total. The molecule has 1 atom stereocenters. The summed E-state index contributed by atoms with van der Waals surface area (Å²) in [6.07, 6.45) is 2.36. The second kappa shape index (κ2) is 8.63. The molecular weight excluding hydrogens is 300 g/mol. The van der Waals surface area contributed by atoms with Crippen LogP contribution >= 0.6 is 0 Å². The summed E-state index contributed by atoms with van der Waals surface area (Å²) in [5.74, 6) is 0.649. The Bertz CT molecular complexity index is 549. The SMILES string of the molecule is Cc1ccc(C)c(NC(=O)C(C)N2CCC(OCC(C)C)CC2)c1. The highest BCUT2D eigenvalue weighted by Gasteiger charge is 2.27. The van der Waals surface area contributed by atoms with Crippen LogP contribution in [-0.4, -0.2) is 42.6 Å². The van der Waals surface area contributed by atoms with Crippen LogP contribution in [0.2, 0.25) is 0 Å². The molecule has 1 fully saturated rings. The summed E-state index contributed by atoms with van der Waals surface area (Å²) in [6.45, 7) is 13.1. The number of benzene rings is 1. The van der Waals surface area contributed by atoms with E-state index in [1.807, 2.05) is 32.9 Å². The van der Waals surface area contributed by atoms with Gasteiger partial charge in [0.1, 0.15) is 0 Å². The molecule has 1 aromatic rings. The Morgan fingerprint density at radius 2 is 1.92 bits per heavy atom. The number of anilines is 1. The highest BCUT2D eigenvalue weighted by Crippen LogP contribution is 2.20. The number of nitrogens with one attached hydrogen (secondary N) is 1. The third kappa shape index (κ3) is 5.32. The first-order chi connectivity index (χ1) is 11.4. The van der Waals surface area contributed by atoms with Crippen LogP contribution in [0.25, 0.3) is 0 Å². The molecule has 1 saturated heterocycles. The molecule has 24 heavy (non-hydrogen) atoms. The Kier molecular flexibility index (Phi) is 6.81. The van der Waals surface area contributed by atoms with Crippen LogP contribution in [0.3, 0.4) is 0 Å². The lowest BCUT2D eigenvalue weighted by atomic mass is 10.0. The lowest BCUT2D eigenvalue weighted by Gasteiger charge is -2.35. The van der Waals surface area contributed by atoms with Crippen LogP contribution in [0, 0.1) is 19.8 Å². The van der Waals surface area contributed by atoms with Crippen LogP contribution in [0.4, 0.5) is 5.69 Å². The number of hydrogen-bond donors (Lipinski definition) is 1. The maximum absolute atomic E-state index is 12.6. The summed E-state index contributed by atoms with van der Waals surface area (Å²) in [4.78, 5) is 14.8. The van der Waals surface area contributed by atoms with E-state index >= 15 is 0 Å². The summed E-state index contributed by atoms with van der Waals surface area (Å²) >= 11 is 0. The fourth-order valence-corrected chi connectivity index (χ4v) is 3.03. The molecule has 1 aliphatic rings. The first-order valence-corrected chi connectivity index (χ1v) is 9.10. The number of aryl methyl sites for hydroxylation is 2. The van der Waals surface area contributed by atoms with Gasteiger partial charge in [0.25, 0.3) is 0 Å². The van der Waals surface area contributed by atoms with E-state index in [0.29, 0.717) is 12.0 Å². The van der Waals surface area contributed by atoms with Crippen molar-refractivity contribution >= 4 is 11.6 Å². The van der Waals surface area contributed by atoms with Gasteiger partial charge >= 0.3 is 0 Å². The zero-order valence-corrected chi connectivity index (χ0v) is 15.8. The van der Waals surface area contributed by atoms with E-state index in [2.05, 4.69) is 30.1 Å². The second-order valence-electron chi connectivity index (χ2n) is 7.45. The number of hydrogen-bond acceptors (Lipinski definition) is 3. The van der Waals surface area contributed by atoms with Crippen LogP contribution in [-0.2, 0) is 9.53 Å². The van der Waals surface area contributed by atoms with E-state index in [0.717, 1.165) is 49.4 Å². The molecular formula is C20H32N2O2. The lowest BCUT2D eigenvalue weighted by Crippen LogP contribution is -2.47. The van der Waals surface area contributed by atoms with Crippen LogP contribution < -0.4 is 5.32 Å². The fraction of sp³-hybridized carbons (Fsp3) is 0.650. The number of carbonyl (C=O) groups is 1. The quantitative estimate of drug-likeness (QED) is 0.862. The van der Waals surface area contributed by atoms with Gasteiger partial charge in [-0.3, -0.25) is 9.69 Å². The van der Waals surface area contributed by atoms with Gasteiger partial charge in [0.2, 0.25) is 5.91 Å². The maximum Gasteiger partial charge on any atom is 0.241 e. The van der Waals surface area contributed by atoms with Gasteiger partial charge in [0.05, 0.1) is 12.1 Å². The average molecular weight is 332 g/mol. The number of rotatable bonds is 6. The predicted octanol–water partition coefficient (Wildman–Crippen LogP) is 3.77. The molecule has 0 bridgehead atoms. The largest absolute Gasteiger partial charge is 0.378 e. The minimum absolute atomic E-state index is 0.0743. The van der Waals surface area contributed by atoms with E-state index < -0.39 is 0 Å². The highest BCUT2D eigenvalue weighted by atomic mass is 16.5. The highest BCUT2D eigenvalue weighted by molar-refractivity contribution is 5.95. The standard InChI is InChI=1S/C20H32N2O2/c1-14(2)13-24-18-8-10-22(11-9-18)17(5)20(23)21-19-12-15(3)6-7-16(19)4/h6-7,12,14,17-18H,8-11,13H2,1-5H3,(H,21,23). The zero-order valence-electron chi connectivity index (χ0n) is 15.8. The van der Waals surface area contributed by atoms with Crippen LogP contribution in [0.15, 0.2) is 18.2 Å². The maximum atomic E-state index is 12.6. The zero-order chi connectivity index (χ0) is 17.7. The molecule has 0 radical (unpaired) electrons. The molecule has 2 rings (SSSR count). The summed E-state index contributed by atoms with van der Waals surface area (Å²) < 4.78 is 5.93. The van der Waals surface area contributed by atoms with Gasteiger partial charge in [-0.05, 0) is 56.7 Å². The average Bonchev–Trinajstić information content (AvgIpc) is 2.56. The summed E-state index contributed by atoms with van der Waals surface area (Å²) in [6, 6.07) is 6.03. The molecule has 1 aromatic carbocycles. The van der Waals surface area contributed by atoms with E-state index in [1.54, 1.807) is 0 Å². The van der Waals surface area contributed by atoms with Gasteiger partial charge in [-0.25, -0.2) is 0 Å². The number of ether oxygens (including phenoxy) is 1.